The quantitative estimate of drug-likeness (QED) is 0.413. The minimum Gasteiger partial charge on any atom is -0.461 e. The zero-order chi connectivity index (χ0) is 21.3. The van der Waals surface area contributed by atoms with Gasteiger partial charge in [0.25, 0.3) is 0 Å². The Morgan fingerprint density at radius 1 is 1.30 bits per heavy atom. The number of ketones is 1. The van der Waals surface area contributed by atoms with E-state index in [1.165, 1.54) is 6.33 Å². The smallest absolute Gasteiger partial charge is 0.361 e. The molecule has 0 bridgehead atoms. The summed E-state index contributed by atoms with van der Waals surface area (Å²) in [7, 11) is 0. The van der Waals surface area contributed by atoms with Crippen molar-refractivity contribution >= 4 is 11.8 Å². The Morgan fingerprint density at radius 3 is 2.73 bits per heavy atom. The maximum absolute atomic E-state index is 13.6. The predicted octanol–water partition coefficient (Wildman–Crippen LogP) is 3.74. The summed E-state index contributed by atoms with van der Waals surface area (Å²) in [4.78, 5) is 30.0. The van der Waals surface area contributed by atoms with Crippen LogP contribution in [0.25, 0.3) is 5.69 Å². The second-order valence-electron chi connectivity index (χ2n) is 7.87. The van der Waals surface area contributed by atoms with E-state index in [1.807, 2.05) is 12.1 Å². The van der Waals surface area contributed by atoms with Crippen molar-refractivity contribution in [2.24, 2.45) is 5.92 Å². The SMILES string of the molecule is CCOC(=O)c1noc(C2CC2)c1C(=O)c1ccc(-n2cncn2)cc1CC(C)C. The first-order valence-electron chi connectivity index (χ1n) is 10.2. The van der Waals surface area contributed by atoms with Crippen molar-refractivity contribution in [2.75, 3.05) is 6.61 Å². The van der Waals surface area contributed by atoms with Crippen LogP contribution >= 0.6 is 0 Å². The molecule has 0 amide bonds. The van der Waals surface area contributed by atoms with Crippen LogP contribution in [-0.2, 0) is 11.2 Å². The van der Waals surface area contributed by atoms with Gasteiger partial charge in [-0.2, -0.15) is 5.10 Å². The lowest BCUT2D eigenvalue weighted by Crippen LogP contribution is -2.15. The van der Waals surface area contributed by atoms with Gasteiger partial charge in [0, 0.05) is 11.5 Å². The van der Waals surface area contributed by atoms with Crippen LogP contribution in [0.4, 0.5) is 0 Å². The molecule has 0 N–H and O–H groups in total. The molecule has 0 aliphatic heterocycles. The molecule has 1 fully saturated rings. The van der Waals surface area contributed by atoms with Crippen LogP contribution in [0.2, 0.25) is 0 Å². The monoisotopic (exact) mass is 408 g/mol. The van der Waals surface area contributed by atoms with E-state index < -0.39 is 5.97 Å². The van der Waals surface area contributed by atoms with Crippen molar-refractivity contribution in [1.82, 2.24) is 19.9 Å². The van der Waals surface area contributed by atoms with Gasteiger partial charge in [-0.15, -0.1) is 0 Å². The predicted molar refractivity (Wildman–Crippen MR) is 108 cm³/mol. The van der Waals surface area contributed by atoms with Gasteiger partial charge in [-0.05, 0) is 55.9 Å². The Kier molecular flexibility index (Phi) is 5.48. The number of hydrogen-bond acceptors (Lipinski definition) is 7. The van der Waals surface area contributed by atoms with Crippen molar-refractivity contribution in [3.8, 4) is 5.69 Å². The third kappa shape index (κ3) is 3.90. The number of esters is 1. The number of carbonyl (C=O) groups is 2. The van der Waals surface area contributed by atoms with E-state index in [2.05, 4.69) is 29.1 Å². The van der Waals surface area contributed by atoms with E-state index in [1.54, 1.807) is 24.0 Å². The molecule has 2 aromatic heterocycles. The van der Waals surface area contributed by atoms with E-state index in [-0.39, 0.29) is 29.6 Å². The molecule has 8 heteroatoms. The van der Waals surface area contributed by atoms with Crippen molar-refractivity contribution in [1.29, 1.82) is 0 Å². The van der Waals surface area contributed by atoms with Gasteiger partial charge < -0.3 is 9.26 Å². The third-order valence-electron chi connectivity index (χ3n) is 5.01. The second-order valence-corrected chi connectivity index (χ2v) is 7.87. The highest BCUT2D eigenvalue weighted by atomic mass is 16.5. The number of benzene rings is 1. The van der Waals surface area contributed by atoms with Gasteiger partial charge in [-0.3, -0.25) is 4.79 Å². The first-order chi connectivity index (χ1) is 14.5. The highest BCUT2D eigenvalue weighted by Crippen LogP contribution is 2.43. The first-order valence-corrected chi connectivity index (χ1v) is 10.2. The summed E-state index contributed by atoms with van der Waals surface area (Å²) >= 11 is 0. The van der Waals surface area contributed by atoms with Gasteiger partial charge in [0.2, 0.25) is 5.69 Å². The van der Waals surface area contributed by atoms with Crippen LogP contribution in [0.15, 0.2) is 35.4 Å². The molecule has 1 aromatic carbocycles. The fraction of sp³-hybridized carbons (Fsp3) is 0.409. The molecule has 4 rings (SSSR count). The average Bonchev–Trinajstić information content (AvgIpc) is 3.24. The highest BCUT2D eigenvalue weighted by molar-refractivity contribution is 6.15. The number of hydrogen-bond donors (Lipinski definition) is 0. The minimum atomic E-state index is -0.638. The average molecular weight is 408 g/mol. The van der Waals surface area contributed by atoms with Gasteiger partial charge in [0.15, 0.2) is 11.5 Å². The van der Waals surface area contributed by atoms with Crippen LogP contribution < -0.4 is 0 Å². The number of aromatic nitrogens is 4. The topological polar surface area (TPSA) is 100 Å². The first kappa shape index (κ1) is 20.0. The Hall–Kier alpha value is -3.29. The Labute approximate surface area is 174 Å². The molecule has 1 aliphatic carbocycles. The fourth-order valence-corrected chi connectivity index (χ4v) is 3.51. The van der Waals surface area contributed by atoms with E-state index in [4.69, 9.17) is 9.26 Å². The van der Waals surface area contributed by atoms with Gasteiger partial charge in [0.1, 0.15) is 18.2 Å². The Bertz CT molecular complexity index is 1070. The van der Waals surface area contributed by atoms with Gasteiger partial charge in [0.05, 0.1) is 12.3 Å². The molecule has 156 valence electrons. The normalized spacial score (nSPS) is 13.6. The molecule has 0 unspecified atom stereocenters. The second kappa shape index (κ2) is 8.22. The summed E-state index contributed by atoms with van der Waals surface area (Å²) in [5, 5.41) is 8.07. The molecule has 0 saturated heterocycles. The van der Waals surface area contributed by atoms with Crippen molar-refractivity contribution in [2.45, 2.75) is 46.0 Å². The lowest BCUT2D eigenvalue weighted by atomic mass is 9.91. The Morgan fingerprint density at radius 2 is 2.10 bits per heavy atom. The zero-order valence-corrected chi connectivity index (χ0v) is 17.3. The Balaban J connectivity index is 1.79. The maximum Gasteiger partial charge on any atom is 0.361 e. The molecule has 0 radical (unpaired) electrons. The summed E-state index contributed by atoms with van der Waals surface area (Å²) in [6.07, 6.45) is 5.61. The number of carbonyl (C=O) groups excluding carboxylic acids is 2. The van der Waals surface area contributed by atoms with E-state index >= 15 is 0 Å². The van der Waals surface area contributed by atoms with Crippen LogP contribution in [-0.4, -0.2) is 38.3 Å². The highest BCUT2D eigenvalue weighted by Gasteiger charge is 2.38. The van der Waals surface area contributed by atoms with Crippen molar-refractivity contribution in [3.05, 3.63) is 59.0 Å². The summed E-state index contributed by atoms with van der Waals surface area (Å²) in [5.74, 6) is 0.0436. The van der Waals surface area contributed by atoms with Crippen molar-refractivity contribution < 1.29 is 18.8 Å². The summed E-state index contributed by atoms with van der Waals surface area (Å²) in [6.45, 7) is 6.10. The molecule has 3 aromatic rings. The molecular weight excluding hydrogens is 384 g/mol. The standard InChI is InChI=1S/C22H24N4O4/c1-4-29-22(28)19-18(21(30-25-19)14-5-6-14)20(27)17-8-7-16(26-12-23-11-24-26)10-15(17)9-13(2)3/h7-8,10-14H,4-6,9H2,1-3H3. The molecule has 0 spiro atoms. The molecule has 30 heavy (non-hydrogen) atoms. The molecule has 8 nitrogen and oxygen atoms in total. The number of nitrogens with zero attached hydrogens (tertiary/aromatic N) is 4. The van der Waals surface area contributed by atoms with Gasteiger partial charge >= 0.3 is 5.97 Å². The van der Waals surface area contributed by atoms with Crippen LogP contribution in [0.5, 0.6) is 0 Å². The lowest BCUT2D eigenvalue weighted by molar-refractivity contribution is 0.0512. The van der Waals surface area contributed by atoms with Crippen LogP contribution in [0.1, 0.15) is 77.3 Å². The molecule has 2 heterocycles. The molecule has 1 saturated carbocycles. The largest absolute Gasteiger partial charge is 0.461 e. The van der Waals surface area contributed by atoms with Crippen molar-refractivity contribution in [3.63, 3.8) is 0 Å². The summed E-state index contributed by atoms with van der Waals surface area (Å²) in [5.41, 5.74) is 2.41. The van der Waals surface area contributed by atoms with Gasteiger partial charge in [-0.1, -0.05) is 19.0 Å². The fourth-order valence-electron chi connectivity index (χ4n) is 3.51. The summed E-state index contributed by atoms with van der Waals surface area (Å²) < 4.78 is 12.2. The van der Waals surface area contributed by atoms with E-state index in [0.717, 1.165) is 24.1 Å². The molecular formula is C22H24N4O4. The van der Waals surface area contributed by atoms with Crippen LogP contribution in [0.3, 0.4) is 0 Å². The van der Waals surface area contributed by atoms with Crippen LogP contribution in [0, 0.1) is 5.92 Å². The van der Waals surface area contributed by atoms with Gasteiger partial charge in [-0.25, -0.2) is 14.5 Å². The number of rotatable bonds is 8. The lowest BCUT2D eigenvalue weighted by Gasteiger charge is -2.13. The van der Waals surface area contributed by atoms with E-state index in [9.17, 15) is 9.59 Å². The van der Waals surface area contributed by atoms with E-state index in [0.29, 0.717) is 23.7 Å². The number of ether oxygens (including phenoxy) is 1. The molecule has 0 atom stereocenters. The third-order valence-corrected chi connectivity index (χ3v) is 5.01. The maximum atomic E-state index is 13.6. The molecule has 1 aliphatic rings. The summed E-state index contributed by atoms with van der Waals surface area (Å²) in [6, 6.07) is 5.53. The minimum absolute atomic E-state index is 0.0420. The zero-order valence-electron chi connectivity index (χ0n) is 17.3.